The van der Waals surface area contributed by atoms with Gasteiger partial charge in [0.1, 0.15) is 23.1 Å². The Hall–Kier alpha value is -2.71. The Morgan fingerprint density at radius 2 is 2.10 bits per heavy atom. The molecule has 2 bridgehead atoms. The fourth-order valence-electron chi connectivity index (χ4n) is 5.13. The number of hydrogen-bond donors (Lipinski definition) is 0. The zero-order valence-electron chi connectivity index (χ0n) is 17.4. The molecule has 6 rings (SSSR count). The molecular weight excluding hydrogens is 412 g/mol. The topological polar surface area (TPSA) is 67.8 Å². The molecule has 3 aromatic rings. The Balaban J connectivity index is 1.12. The maximum Gasteiger partial charge on any atom is 0.279 e. The van der Waals surface area contributed by atoms with Crippen LogP contribution in [0.3, 0.4) is 0 Å². The van der Waals surface area contributed by atoms with Gasteiger partial charge in [-0.05, 0) is 30.5 Å². The highest BCUT2D eigenvalue weighted by molar-refractivity contribution is 7.20. The molecule has 2 saturated heterocycles. The van der Waals surface area contributed by atoms with Gasteiger partial charge in [0.2, 0.25) is 5.91 Å². The summed E-state index contributed by atoms with van der Waals surface area (Å²) in [4.78, 5) is 25.0. The largest absolute Gasteiger partial charge is 0.488 e. The monoisotopic (exact) mass is 436 g/mol. The number of ether oxygens (including phenoxy) is 2. The Morgan fingerprint density at radius 1 is 1.26 bits per heavy atom. The number of amides is 1. The predicted molar refractivity (Wildman–Crippen MR) is 118 cm³/mol. The van der Waals surface area contributed by atoms with Crippen LogP contribution in [0.1, 0.15) is 25.3 Å². The number of aromatic nitrogens is 2. The van der Waals surface area contributed by atoms with Gasteiger partial charge in [-0.3, -0.25) is 14.7 Å². The average Bonchev–Trinajstić information content (AvgIpc) is 3.40. The molecule has 0 N–H and O–H groups in total. The van der Waals surface area contributed by atoms with E-state index < -0.39 is 0 Å². The molecule has 8 heteroatoms. The molecule has 0 spiro atoms. The first-order valence-corrected chi connectivity index (χ1v) is 11.6. The first-order chi connectivity index (χ1) is 15.1. The summed E-state index contributed by atoms with van der Waals surface area (Å²) in [7, 11) is 0. The lowest BCUT2D eigenvalue weighted by atomic mass is 10.1. The summed E-state index contributed by atoms with van der Waals surface area (Å²) in [6.07, 6.45) is 6.91. The van der Waals surface area contributed by atoms with E-state index in [1.165, 1.54) is 29.7 Å². The van der Waals surface area contributed by atoms with Gasteiger partial charge in [-0.25, -0.2) is 4.98 Å². The molecule has 3 aliphatic heterocycles. The number of piperazine rings is 1. The van der Waals surface area contributed by atoms with E-state index in [0.29, 0.717) is 17.3 Å². The lowest BCUT2D eigenvalue weighted by molar-refractivity contribution is -0.132. The molecule has 7 nitrogen and oxygen atoms in total. The second-order valence-electron chi connectivity index (χ2n) is 8.64. The van der Waals surface area contributed by atoms with Crippen LogP contribution in [0.4, 0.5) is 0 Å². The molecule has 2 aromatic heterocycles. The first-order valence-electron chi connectivity index (χ1n) is 10.8. The van der Waals surface area contributed by atoms with Gasteiger partial charge in [-0.2, -0.15) is 0 Å². The Kier molecular flexibility index (Phi) is 4.57. The summed E-state index contributed by atoms with van der Waals surface area (Å²) in [6, 6.07) is 8.93. The molecule has 5 heterocycles. The van der Waals surface area contributed by atoms with Crippen molar-refractivity contribution in [2.24, 2.45) is 0 Å². The molecular formula is C23H24N4O3S. The standard InChI is InChI=1S/C23H24N4O3S/c1-14(28)26-11-16-3-4-17(12-26)27(16)13-19-8-15-2-5-18(9-21(15)29-19)30-23-25-20-10-24-7-6-22(20)31-23/h2,5-7,9-10,16-17,19H,3-4,8,11-13H2,1H3/t16-,17+,19?. The number of nitrogens with zero attached hydrogens (tertiary/aromatic N) is 4. The Bertz CT molecular complexity index is 1100. The van der Waals surface area contributed by atoms with Crippen molar-refractivity contribution in [2.45, 2.75) is 44.4 Å². The quantitative estimate of drug-likeness (QED) is 0.624. The van der Waals surface area contributed by atoms with Crippen LogP contribution in [0.2, 0.25) is 0 Å². The second kappa shape index (κ2) is 7.46. The summed E-state index contributed by atoms with van der Waals surface area (Å²) in [5.41, 5.74) is 2.07. The number of pyridine rings is 1. The van der Waals surface area contributed by atoms with E-state index in [1.54, 1.807) is 19.3 Å². The molecule has 3 aliphatic rings. The van der Waals surface area contributed by atoms with E-state index in [-0.39, 0.29) is 12.0 Å². The Labute approximate surface area is 184 Å². The molecule has 0 radical (unpaired) electrons. The van der Waals surface area contributed by atoms with Crippen molar-refractivity contribution in [1.29, 1.82) is 0 Å². The van der Waals surface area contributed by atoms with Gasteiger partial charge >= 0.3 is 0 Å². The number of fused-ring (bicyclic) bond motifs is 4. The molecule has 160 valence electrons. The van der Waals surface area contributed by atoms with Gasteiger partial charge in [0.15, 0.2) is 0 Å². The minimum atomic E-state index is 0.144. The van der Waals surface area contributed by atoms with Crippen molar-refractivity contribution in [1.82, 2.24) is 19.8 Å². The van der Waals surface area contributed by atoms with Gasteiger partial charge in [0.05, 0.1) is 10.9 Å². The highest BCUT2D eigenvalue weighted by Gasteiger charge is 2.42. The lowest BCUT2D eigenvalue weighted by Gasteiger charge is -2.41. The lowest BCUT2D eigenvalue weighted by Crippen LogP contribution is -2.56. The normalized spacial score (nSPS) is 24.9. The van der Waals surface area contributed by atoms with Crippen LogP contribution in [0, 0.1) is 0 Å². The summed E-state index contributed by atoms with van der Waals surface area (Å²) in [6.45, 7) is 4.29. The van der Waals surface area contributed by atoms with Crippen LogP contribution in [0.5, 0.6) is 16.7 Å². The van der Waals surface area contributed by atoms with Crippen molar-refractivity contribution >= 4 is 27.5 Å². The van der Waals surface area contributed by atoms with Crippen molar-refractivity contribution in [3.05, 3.63) is 42.2 Å². The van der Waals surface area contributed by atoms with Gasteiger partial charge in [-0.1, -0.05) is 17.4 Å². The molecule has 1 aromatic carbocycles. The van der Waals surface area contributed by atoms with Crippen LogP contribution >= 0.6 is 11.3 Å². The number of hydrogen-bond acceptors (Lipinski definition) is 7. The van der Waals surface area contributed by atoms with Crippen LogP contribution < -0.4 is 9.47 Å². The van der Waals surface area contributed by atoms with Crippen LogP contribution in [0.15, 0.2) is 36.7 Å². The van der Waals surface area contributed by atoms with E-state index in [2.05, 4.69) is 20.9 Å². The number of likely N-dealkylation sites (tertiary alicyclic amines) is 1. The minimum absolute atomic E-state index is 0.144. The molecule has 2 fully saturated rings. The third-order valence-electron chi connectivity index (χ3n) is 6.65. The zero-order valence-corrected chi connectivity index (χ0v) is 18.2. The summed E-state index contributed by atoms with van der Waals surface area (Å²) in [5, 5.41) is 0.609. The fourth-order valence-corrected chi connectivity index (χ4v) is 5.93. The number of rotatable bonds is 4. The van der Waals surface area contributed by atoms with Crippen LogP contribution in [-0.2, 0) is 11.2 Å². The van der Waals surface area contributed by atoms with Gasteiger partial charge in [0.25, 0.3) is 5.19 Å². The average molecular weight is 437 g/mol. The number of carbonyl (C=O) groups excluding carboxylic acids is 1. The Morgan fingerprint density at radius 3 is 2.87 bits per heavy atom. The van der Waals surface area contributed by atoms with E-state index in [9.17, 15) is 4.79 Å². The minimum Gasteiger partial charge on any atom is -0.488 e. The number of thiazole rings is 1. The van der Waals surface area contributed by atoms with E-state index in [4.69, 9.17) is 9.47 Å². The smallest absolute Gasteiger partial charge is 0.279 e. The fraction of sp³-hybridized carbons (Fsp3) is 0.435. The summed E-state index contributed by atoms with van der Waals surface area (Å²) >= 11 is 1.51. The summed E-state index contributed by atoms with van der Waals surface area (Å²) in [5.74, 6) is 1.83. The van der Waals surface area contributed by atoms with Gasteiger partial charge in [0, 0.05) is 57.3 Å². The molecule has 3 atom stereocenters. The third-order valence-corrected chi connectivity index (χ3v) is 7.56. The van der Waals surface area contributed by atoms with Crippen molar-refractivity contribution < 1.29 is 14.3 Å². The zero-order chi connectivity index (χ0) is 20.9. The SMILES string of the molecule is CC(=O)N1C[C@H]2CC[C@@H](C1)N2CC1Cc2ccc(Oc3nc4cnccc4s3)cc2O1. The van der Waals surface area contributed by atoms with E-state index >= 15 is 0 Å². The maximum absolute atomic E-state index is 11.8. The number of carbonyl (C=O) groups is 1. The molecule has 1 amide bonds. The van der Waals surface area contributed by atoms with Gasteiger partial charge in [-0.15, -0.1) is 0 Å². The van der Waals surface area contributed by atoms with Crippen LogP contribution in [0.25, 0.3) is 10.2 Å². The molecule has 31 heavy (non-hydrogen) atoms. The maximum atomic E-state index is 11.8. The molecule has 1 unspecified atom stereocenters. The highest BCUT2D eigenvalue weighted by atomic mass is 32.1. The second-order valence-corrected chi connectivity index (χ2v) is 9.64. The third kappa shape index (κ3) is 3.53. The summed E-state index contributed by atoms with van der Waals surface area (Å²) < 4.78 is 13.4. The molecule has 0 aliphatic carbocycles. The van der Waals surface area contributed by atoms with E-state index in [0.717, 1.165) is 47.8 Å². The molecule has 0 saturated carbocycles. The van der Waals surface area contributed by atoms with Crippen LogP contribution in [-0.4, -0.2) is 63.5 Å². The highest BCUT2D eigenvalue weighted by Crippen LogP contribution is 2.38. The van der Waals surface area contributed by atoms with E-state index in [1.807, 2.05) is 23.1 Å². The number of benzene rings is 1. The van der Waals surface area contributed by atoms with Crippen molar-refractivity contribution in [3.8, 4) is 16.7 Å². The van der Waals surface area contributed by atoms with Crippen molar-refractivity contribution in [2.75, 3.05) is 19.6 Å². The first kappa shape index (κ1) is 19.0. The predicted octanol–water partition coefficient (Wildman–Crippen LogP) is 3.48. The van der Waals surface area contributed by atoms with Crippen molar-refractivity contribution in [3.63, 3.8) is 0 Å². The van der Waals surface area contributed by atoms with Gasteiger partial charge < -0.3 is 14.4 Å².